The van der Waals surface area contributed by atoms with Crippen LogP contribution in [0.25, 0.3) is 0 Å². The van der Waals surface area contributed by atoms with Crippen LogP contribution in [0.3, 0.4) is 0 Å². The third-order valence-electron chi connectivity index (χ3n) is 2.22. The molecule has 1 aliphatic rings. The van der Waals surface area contributed by atoms with Gasteiger partial charge < -0.3 is 9.84 Å². The maximum atomic E-state index is 11.1. The van der Waals surface area contributed by atoms with Crippen molar-refractivity contribution < 1.29 is 19.4 Å². The van der Waals surface area contributed by atoms with E-state index >= 15 is 0 Å². The van der Waals surface area contributed by atoms with Gasteiger partial charge in [0, 0.05) is 5.56 Å². The summed E-state index contributed by atoms with van der Waals surface area (Å²) in [4.78, 5) is 21.4. The minimum Gasteiger partial charge on any atom is -0.508 e. The van der Waals surface area contributed by atoms with E-state index in [0.29, 0.717) is 5.56 Å². The molecule has 0 amide bonds. The molecule has 14 heavy (non-hydrogen) atoms. The van der Waals surface area contributed by atoms with Crippen LogP contribution in [0, 0.1) is 0 Å². The number of ketones is 1. The highest BCUT2D eigenvalue weighted by Crippen LogP contribution is 2.36. The molecule has 0 spiro atoms. The summed E-state index contributed by atoms with van der Waals surface area (Å²) in [5.74, 6) is -0.662. The van der Waals surface area contributed by atoms with Crippen LogP contribution in [0.1, 0.15) is 17.2 Å². The molecule has 1 aromatic rings. The number of rotatable bonds is 2. The number of hydrogen-bond donors (Lipinski definition) is 1. The van der Waals surface area contributed by atoms with Crippen molar-refractivity contribution in [1.29, 1.82) is 0 Å². The first-order chi connectivity index (χ1) is 6.74. The van der Waals surface area contributed by atoms with E-state index in [1.54, 1.807) is 12.1 Å². The second kappa shape index (κ2) is 3.23. The number of carbonyl (C=O) groups is 2. The van der Waals surface area contributed by atoms with Crippen LogP contribution < -0.4 is 0 Å². The van der Waals surface area contributed by atoms with Gasteiger partial charge in [-0.1, -0.05) is 12.1 Å². The lowest BCUT2D eigenvalue weighted by Gasteiger charge is -2.06. The van der Waals surface area contributed by atoms with Crippen molar-refractivity contribution in [3.8, 4) is 5.75 Å². The summed E-state index contributed by atoms with van der Waals surface area (Å²) in [5.41, 5.74) is 1.18. The van der Waals surface area contributed by atoms with Gasteiger partial charge in [-0.3, -0.25) is 9.59 Å². The Labute approximate surface area is 80.1 Å². The summed E-state index contributed by atoms with van der Waals surface area (Å²) in [6.45, 7) is 0.258. The molecule has 4 nitrogen and oxygen atoms in total. The Morgan fingerprint density at radius 3 is 3.07 bits per heavy atom. The molecule has 0 saturated heterocycles. The fourth-order valence-corrected chi connectivity index (χ4v) is 1.57. The summed E-state index contributed by atoms with van der Waals surface area (Å²) in [6, 6.07) is 4.90. The maximum absolute atomic E-state index is 11.1. The van der Waals surface area contributed by atoms with Crippen LogP contribution in [0.4, 0.5) is 0 Å². The van der Waals surface area contributed by atoms with Gasteiger partial charge >= 0.3 is 0 Å². The number of ether oxygens (including phenoxy) is 1. The molecule has 1 heterocycles. The zero-order chi connectivity index (χ0) is 10.1. The van der Waals surface area contributed by atoms with Gasteiger partial charge in [-0.05, 0) is 11.6 Å². The molecule has 1 unspecified atom stereocenters. The first-order valence-electron chi connectivity index (χ1n) is 4.15. The molecule has 72 valence electrons. The van der Waals surface area contributed by atoms with Gasteiger partial charge in [-0.15, -0.1) is 0 Å². The third-order valence-corrected chi connectivity index (χ3v) is 2.22. The Balaban J connectivity index is 2.47. The summed E-state index contributed by atoms with van der Waals surface area (Å²) in [6.07, 6.45) is -0.713. The zero-order valence-corrected chi connectivity index (χ0v) is 7.27. The normalized spacial score (nSPS) is 19.0. The van der Waals surface area contributed by atoms with Crippen molar-refractivity contribution in [3.63, 3.8) is 0 Å². The van der Waals surface area contributed by atoms with Gasteiger partial charge in [0.2, 0.25) is 5.78 Å². The summed E-state index contributed by atoms with van der Waals surface area (Å²) in [5, 5.41) is 9.50. The molecule has 0 bridgehead atoms. The topological polar surface area (TPSA) is 63.6 Å². The van der Waals surface area contributed by atoms with E-state index in [0.717, 1.165) is 5.56 Å². The predicted octanol–water partition coefficient (Wildman–Crippen LogP) is 0.731. The van der Waals surface area contributed by atoms with Crippen LogP contribution >= 0.6 is 0 Å². The highest BCUT2D eigenvalue weighted by atomic mass is 16.5. The lowest BCUT2D eigenvalue weighted by molar-refractivity contribution is -0.137. The quantitative estimate of drug-likeness (QED) is 0.554. The van der Waals surface area contributed by atoms with Gasteiger partial charge in [-0.2, -0.15) is 0 Å². The van der Waals surface area contributed by atoms with Crippen molar-refractivity contribution in [2.75, 3.05) is 0 Å². The minimum absolute atomic E-state index is 0.000185. The van der Waals surface area contributed by atoms with E-state index in [1.807, 2.05) is 0 Å². The van der Waals surface area contributed by atoms with E-state index in [1.165, 1.54) is 6.07 Å². The fourth-order valence-electron chi connectivity index (χ4n) is 1.57. The zero-order valence-electron chi connectivity index (χ0n) is 7.27. The number of fused-ring (bicyclic) bond motifs is 1. The Morgan fingerprint density at radius 1 is 1.57 bits per heavy atom. The molecule has 0 aromatic heterocycles. The van der Waals surface area contributed by atoms with Crippen LogP contribution in [-0.4, -0.2) is 17.2 Å². The van der Waals surface area contributed by atoms with Gasteiger partial charge in [0.1, 0.15) is 5.75 Å². The number of aldehydes is 1. The Kier molecular flexibility index (Phi) is 2.05. The second-order valence-corrected chi connectivity index (χ2v) is 3.06. The molecule has 1 N–H and O–H groups in total. The molecular weight excluding hydrogens is 184 g/mol. The van der Waals surface area contributed by atoms with Crippen LogP contribution in [0.2, 0.25) is 0 Å². The van der Waals surface area contributed by atoms with Gasteiger partial charge in [0.05, 0.1) is 6.61 Å². The number of Topliss-reactive ketones (excluding diaryl/α,β-unsaturated/α-hetero) is 1. The summed E-state index contributed by atoms with van der Waals surface area (Å²) in [7, 11) is 0. The second-order valence-electron chi connectivity index (χ2n) is 3.06. The molecule has 0 radical (unpaired) electrons. The van der Waals surface area contributed by atoms with E-state index in [9.17, 15) is 14.7 Å². The lowest BCUT2D eigenvalue weighted by Crippen LogP contribution is -2.12. The SMILES string of the molecule is O=CC(=O)C1OCc2cccc(O)c21. The molecule has 1 atom stereocenters. The number of hydrogen-bond acceptors (Lipinski definition) is 4. The first kappa shape index (κ1) is 8.90. The molecule has 0 aliphatic carbocycles. The predicted molar refractivity (Wildman–Crippen MR) is 46.7 cm³/mol. The van der Waals surface area contributed by atoms with Gasteiger partial charge in [0.25, 0.3) is 0 Å². The van der Waals surface area contributed by atoms with Crippen molar-refractivity contribution in [2.45, 2.75) is 12.7 Å². The fraction of sp³-hybridized carbons (Fsp3) is 0.200. The van der Waals surface area contributed by atoms with Gasteiger partial charge in [0.15, 0.2) is 12.4 Å². The van der Waals surface area contributed by atoms with Crippen LogP contribution in [-0.2, 0) is 20.9 Å². The summed E-state index contributed by atoms with van der Waals surface area (Å²) >= 11 is 0. The molecule has 0 saturated carbocycles. The highest BCUT2D eigenvalue weighted by molar-refractivity contribution is 6.27. The number of carbonyl (C=O) groups excluding carboxylic acids is 2. The van der Waals surface area contributed by atoms with Gasteiger partial charge in [-0.25, -0.2) is 0 Å². The molecule has 0 fully saturated rings. The maximum Gasteiger partial charge on any atom is 0.228 e. The number of phenolic OH excluding ortho intramolecular Hbond substituents is 1. The largest absolute Gasteiger partial charge is 0.508 e. The molecular formula is C10H8O4. The van der Waals surface area contributed by atoms with Crippen molar-refractivity contribution in [1.82, 2.24) is 0 Å². The highest BCUT2D eigenvalue weighted by Gasteiger charge is 2.31. The van der Waals surface area contributed by atoms with E-state index < -0.39 is 11.9 Å². The number of benzene rings is 1. The summed E-state index contributed by atoms with van der Waals surface area (Å²) < 4.78 is 5.12. The van der Waals surface area contributed by atoms with Crippen LogP contribution in [0.5, 0.6) is 5.75 Å². The standard InChI is InChI=1S/C10H8O4/c11-4-8(13)10-9-6(5-14-10)2-1-3-7(9)12/h1-4,10,12H,5H2. The van der Waals surface area contributed by atoms with E-state index in [2.05, 4.69) is 0 Å². The van der Waals surface area contributed by atoms with E-state index in [4.69, 9.17) is 4.74 Å². The average Bonchev–Trinajstić information content (AvgIpc) is 2.62. The molecule has 2 rings (SSSR count). The lowest BCUT2D eigenvalue weighted by atomic mass is 10.0. The first-order valence-corrected chi connectivity index (χ1v) is 4.15. The average molecular weight is 192 g/mol. The van der Waals surface area contributed by atoms with Crippen LogP contribution in [0.15, 0.2) is 18.2 Å². The Hall–Kier alpha value is -1.68. The minimum atomic E-state index is -0.927. The molecule has 1 aliphatic heterocycles. The number of aromatic hydroxyl groups is 1. The molecule has 1 aromatic carbocycles. The number of phenols is 1. The Morgan fingerprint density at radius 2 is 2.36 bits per heavy atom. The smallest absolute Gasteiger partial charge is 0.228 e. The van der Waals surface area contributed by atoms with Crippen molar-refractivity contribution >= 4 is 12.1 Å². The van der Waals surface area contributed by atoms with E-state index in [-0.39, 0.29) is 18.6 Å². The molecule has 4 heteroatoms. The van der Waals surface area contributed by atoms with Crippen molar-refractivity contribution in [2.24, 2.45) is 0 Å². The Bertz CT molecular complexity index is 397. The third kappa shape index (κ3) is 1.20. The van der Waals surface area contributed by atoms with Crippen molar-refractivity contribution in [3.05, 3.63) is 29.3 Å². The monoisotopic (exact) mass is 192 g/mol.